The minimum atomic E-state index is -0.320. The molecule has 2 aliphatic heterocycles. The van der Waals surface area contributed by atoms with Crippen LogP contribution in [0.15, 0.2) is 54.6 Å². The zero-order valence-corrected chi connectivity index (χ0v) is 18.1. The van der Waals surface area contributed by atoms with Crippen molar-refractivity contribution in [1.82, 2.24) is 10.2 Å². The number of hydrogen-bond acceptors (Lipinski definition) is 4. The summed E-state index contributed by atoms with van der Waals surface area (Å²) in [6.45, 7) is 6.17. The van der Waals surface area contributed by atoms with Crippen molar-refractivity contribution in [3.05, 3.63) is 65.7 Å². The SMILES string of the molecule is CCc1cccc(N2CC(C(=O)NCC(c3ccccc3)N3CCOCC3)CC2=O)c1. The first-order valence-electron chi connectivity index (χ1n) is 11.2. The minimum Gasteiger partial charge on any atom is -0.379 e. The molecule has 2 atom stereocenters. The number of hydrogen-bond donors (Lipinski definition) is 1. The number of anilines is 1. The lowest BCUT2D eigenvalue weighted by Crippen LogP contribution is -2.45. The molecule has 2 aromatic rings. The first-order chi connectivity index (χ1) is 15.2. The lowest BCUT2D eigenvalue weighted by molar-refractivity contribution is -0.126. The summed E-state index contributed by atoms with van der Waals surface area (Å²) in [6.07, 6.45) is 1.18. The molecule has 0 radical (unpaired) electrons. The molecule has 0 saturated carbocycles. The quantitative estimate of drug-likeness (QED) is 0.747. The fraction of sp³-hybridized carbons (Fsp3) is 0.440. The molecule has 0 bridgehead atoms. The van der Waals surface area contributed by atoms with Gasteiger partial charge in [-0.05, 0) is 29.7 Å². The molecule has 0 aliphatic carbocycles. The molecule has 2 amide bonds. The summed E-state index contributed by atoms with van der Waals surface area (Å²) in [4.78, 5) is 29.7. The highest BCUT2D eigenvalue weighted by Crippen LogP contribution is 2.27. The number of aryl methyl sites for hydroxylation is 1. The number of nitrogens with one attached hydrogen (secondary N) is 1. The Labute approximate surface area is 184 Å². The fourth-order valence-corrected chi connectivity index (χ4v) is 4.44. The van der Waals surface area contributed by atoms with Gasteiger partial charge in [0, 0.05) is 38.3 Å². The van der Waals surface area contributed by atoms with Gasteiger partial charge in [0.2, 0.25) is 11.8 Å². The topological polar surface area (TPSA) is 61.9 Å². The Kier molecular flexibility index (Phi) is 6.99. The average Bonchev–Trinajstić information content (AvgIpc) is 3.22. The van der Waals surface area contributed by atoms with E-state index in [0.29, 0.717) is 26.3 Å². The van der Waals surface area contributed by atoms with Crippen LogP contribution in [-0.2, 0) is 20.7 Å². The fourth-order valence-electron chi connectivity index (χ4n) is 4.44. The van der Waals surface area contributed by atoms with Gasteiger partial charge in [-0.3, -0.25) is 14.5 Å². The van der Waals surface area contributed by atoms with Gasteiger partial charge in [-0.1, -0.05) is 49.4 Å². The van der Waals surface area contributed by atoms with Crippen molar-refractivity contribution in [2.24, 2.45) is 5.92 Å². The van der Waals surface area contributed by atoms with Gasteiger partial charge in [-0.15, -0.1) is 0 Å². The Morgan fingerprint density at radius 3 is 2.65 bits per heavy atom. The molecule has 2 unspecified atom stereocenters. The van der Waals surface area contributed by atoms with Crippen molar-refractivity contribution in [2.75, 3.05) is 44.3 Å². The van der Waals surface area contributed by atoms with E-state index in [4.69, 9.17) is 4.74 Å². The largest absolute Gasteiger partial charge is 0.379 e. The zero-order valence-electron chi connectivity index (χ0n) is 18.1. The Balaban J connectivity index is 1.40. The summed E-state index contributed by atoms with van der Waals surface area (Å²) in [5.41, 5.74) is 3.26. The molecule has 2 aliphatic rings. The lowest BCUT2D eigenvalue weighted by atomic mass is 10.0. The van der Waals surface area contributed by atoms with Crippen LogP contribution in [0.1, 0.15) is 30.5 Å². The molecule has 6 heteroatoms. The average molecular weight is 422 g/mol. The molecule has 1 N–H and O–H groups in total. The van der Waals surface area contributed by atoms with Crippen LogP contribution in [0.3, 0.4) is 0 Å². The highest BCUT2D eigenvalue weighted by atomic mass is 16.5. The highest BCUT2D eigenvalue weighted by molar-refractivity contribution is 6.00. The van der Waals surface area contributed by atoms with E-state index in [1.807, 2.05) is 36.4 Å². The smallest absolute Gasteiger partial charge is 0.227 e. The Morgan fingerprint density at radius 2 is 1.90 bits per heavy atom. The number of carbonyl (C=O) groups is 2. The van der Waals surface area contributed by atoms with Gasteiger partial charge < -0.3 is 15.0 Å². The number of nitrogens with zero attached hydrogens (tertiary/aromatic N) is 2. The van der Waals surface area contributed by atoms with Gasteiger partial charge in [0.05, 0.1) is 25.2 Å². The molecule has 2 heterocycles. The molecular formula is C25H31N3O3. The van der Waals surface area contributed by atoms with Gasteiger partial charge in [-0.2, -0.15) is 0 Å². The van der Waals surface area contributed by atoms with Crippen LogP contribution in [0, 0.1) is 5.92 Å². The summed E-state index contributed by atoms with van der Waals surface area (Å²) in [5, 5.41) is 3.14. The van der Waals surface area contributed by atoms with E-state index in [1.165, 1.54) is 11.1 Å². The second-order valence-electron chi connectivity index (χ2n) is 8.25. The molecule has 2 aromatic carbocycles. The number of benzene rings is 2. The van der Waals surface area contributed by atoms with Crippen LogP contribution in [0.2, 0.25) is 0 Å². The Bertz CT molecular complexity index is 896. The number of ether oxygens (including phenoxy) is 1. The predicted octanol–water partition coefficient (Wildman–Crippen LogP) is 2.79. The van der Waals surface area contributed by atoms with Gasteiger partial charge in [0.1, 0.15) is 0 Å². The first-order valence-corrected chi connectivity index (χ1v) is 11.2. The van der Waals surface area contributed by atoms with E-state index in [1.54, 1.807) is 4.90 Å². The molecular weight excluding hydrogens is 390 g/mol. The van der Waals surface area contributed by atoms with E-state index in [2.05, 4.69) is 35.3 Å². The molecule has 0 aromatic heterocycles. The van der Waals surface area contributed by atoms with Crippen molar-refractivity contribution < 1.29 is 14.3 Å². The third kappa shape index (κ3) is 5.14. The van der Waals surface area contributed by atoms with Crippen LogP contribution in [-0.4, -0.2) is 56.1 Å². The molecule has 4 rings (SSSR count). The van der Waals surface area contributed by atoms with Crippen LogP contribution in [0.4, 0.5) is 5.69 Å². The molecule has 0 spiro atoms. The number of carbonyl (C=O) groups excluding carboxylic acids is 2. The van der Waals surface area contributed by atoms with E-state index in [9.17, 15) is 9.59 Å². The zero-order chi connectivity index (χ0) is 21.6. The van der Waals surface area contributed by atoms with Gasteiger partial charge in [0.25, 0.3) is 0 Å². The van der Waals surface area contributed by atoms with E-state index in [0.717, 1.165) is 25.2 Å². The minimum absolute atomic E-state index is 0.0150. The maximum Gasteiger partial charge on any atom is 0.227 e. The number of amides is 2. The van der Waals surface area contributed by atoms with E-state index in [-0.39, 0.29) is 30.2 Å². The monoisotopic (exact) mass is 421 g/mol. The van der Waals surface area contributed by atoms with Crippen molar-refractivity contribution in [2.45, 2.75) is 25.8 Å². The second kappa shape index (κ2) is 10.1. The lowest BCUT2D eigenvalue weighted by Gasteiger charge is -2.35. The first kappa shape index (κ1) is 21.5. The summed E-state index contributed by atoms with van der Waals surface area (Å²) < 4.78 is 5.50. The Morgan fingerprint density at radius 1 is 1.13 bits per heavy atom. The van der Waals surface area contributed by atoms with Crippen LogP contribution in [0.25, 0.3) is 0 Å². The number of rotatable bonds is 7. The van der Waals surface area contributed by atoms with Crippen molar-refractivity contribution in [1.29, 1.82) is 0 Å². The van der Waals surface area contributed by atoms with Crippen molar-refractivity contribution in [3.63, 3.8) is 0 Å². The van der Waals surface area contributed by atoms with Crippen LogP contribution in [0.5, 0.6) is 0 Å². The van der Waals surface area contributed by atoms with Gasteiger partial charge in [-0.25, -0.2) is 0 Å². The van der Waals surface area contributed by atoms with Crippen LogP contribution >= 0.6 is 0 Å². The number of morpholine rings is 1. The molecule has 164 valence electrons. The van der Waals surface area contributed by atoms with Gasteiger partial charge >= 0.3 is 0 Å². The normalized spacial score (nSPS) is 20.6. The Hall–Kier alpha value is -2.70. The molecule has 6 nitrogen and oxygen atoms in total. The van der Waals surface area contributed by atoms with E-state index >= 15 is 0 Å². The van der Waals surface area contributed by atoms with Crippen molar-refractivity contribution in [3.8, 4) is 0 Å². The summed E-state index contributed by atoms with van der Waals surface area (Å²) in [7, 11) is 0. The predicted molar refractivity (Wildman–Crippen MR) is 121 cm³/mol. The third-order valence-electron chi connectivity index (χ3n) is 6.27. The van der Waals surface area contributed by atoms with Crippen molar-refractivity contribution >= 4 is 17.5 Å². The standard InChI is InChI=1S/C25H31N3O3/c1-2-19-7-6-10-22(15-19)28-18-21(16-24(28)29)25(30)26-17-23(20-8-4-3-5-9-20)27-11-13-31-14-12-27/h3-10,15,21,23H,2,11-14,16-18H2,1H3,(H,26,30). The highest BCUT2D eigenvalue weighted by Gasteiger charge is 2.35. The summed E-state index contributed by atoms with van der Waals surface area (Å²) in [6, 6.07) is 18.4. The molecule has 2 saturated heterocycles. The molecule has 31 heavy (non-hydrogen) atoms. The second-order valence-corrected chi connectivity index (χ2v) is 8.25. The molecule has 2 fully saturated rings. The van der Waals surface area contributed by atoms with Gasteiger partial charge in [0.15, 0.2) is 0 Å². The van der Waals surface area contributed by atoms with Crippen LogP contribution < -0.4 is 10.2 Å². The third-order valence-corrected chi connectivity index (χ3v) is 6.27. The maximum atomic E-state index is 13.0. The summed E-state index contributed by atoms with van der Waals surface area (Å²) >= 11 is 0. The maximum absolute atomic E-state index is 13.0. The van der Waals surface area contributed by atoms with E-state index < -0.39 is 0 Å². The summed E-state index contributed by atoms with van der Waals surface area (Å²) in [5.74, 6) is -0.350.